The van der Waals surface area contributed by atoms with Crippen LogP contribution >= 0.6 is 0 Å². The third kappa shape index (κ3) is 6.36. The fourth-order valence-electron chi connectivity index (χ4n) is 2.57. The highest BCUT2D eigenvalue weighted by Gasteiger charge is 2.28. The van der Waals surface area contributed by atoms with Gasteiger partial charge in [0.05, 0.1) is 19.3 Å². The van der Waals surface area contributed by atoms with Crippen LogP contribution in [0.4, 0.5) is 28.9 Å². The van der Waals surface area contributed by atoms with Crippen molar-refractivity contribution in [2.45, 2.75) is 20.0 Å². The average molecular weight is 427 g/mol. The maximum Gasteiger partial charge on any atom is 0.405 e. The number of hydrogen-bond acceptors (Lipinski definition) is 4. The summed E-state index contributed by atoms with van der Waals surface area (Å²) in [7, 11) is 1.46. The van der Waals surface area contributed by atoms with Crippen LogP contribution in [-0.2, 0) is 4.79 Å². The van der Waals surface area contributed by atoms with E-state index < -0.39 is 30.4 Å². The molecule has 6 nitrogen and oxygen atoms in total. The highest BCUT2D eigenvalue weighted by molar-refractivity contribution is 5.97. The molecule has 0 aromatic heterocycles. The van der Waals surface area contributed by atoms with Crippen LogP contribution in [0.5, 0.6) is 5.75 Å². The van der Waals surface area contributed by atoms with Gasteiger partial charge in [0, 0.05) is 16.8 Å². The van der Waals surface area contributed by atoms with Crippen LogP contribution in [0, 0.1) is 19.7 Å². The summed E-state index contributed by atoms with van der Waals surface area (Å²) in [4.78, 5) is 24.2. The van der Waals surface area contributed by atoms with E-state index in [1.54, 1.807) is 17.4 Å². The Kier molecular flexibility index (Phi) is 7.25. The van der Waals surface area contributed by atoms with Crippen molar-refractivity contribution in [3.63, 3.8) is 0 Å². The van der Waals surface area contributed by atoms with E-state index >= 15 is 0 Å². The summed E-state index contributed by atoms with van der Waals surface area (Å²) in [6.45, 7) is 1.45. The van der Waals surface area contributed by atoms with Crippen molar-refractivity contribution in [2.24, 2.45) is 0 Å². The summed E-state index contributed by atoms with van der Waals surface area (Å²) in [5, 5.41) is 7.03. The number of anilines is 2. The van der Waals surface area contributed by atoms with E-state index in [1.165, 1.54) is 20.1 Å². The molecular weight excluding hydrogens is 406 g/mol. The molecule has 0 fully saturated rings. The lowest BCUT2D eigenvalue weighted by Crippen LogP contribution is -2.33. The number of aryl methyl sites for hydroxylation is 1. The predicted molar refractivity (Wildman–Crippen MR) is 104 cm³/mol. The van der Waals surface area contributed by atoms with Gasteiger partial charge in [-0.05, 0) is 43.7 Å². The molecule has 30 heavy (non-hydrogen) atoms. The molecule has 0 heterocycles. The Labute approximate surface area is 170 Å². The van der Waals surface area contributed by atoms with Gasteiger partial charge in [-0.25, -0.2) is 4.39 Å². The average Bonchev–Trinajstić information content (AvgIpc) is 2.66. The summed E-state index contributed by atoms with van der Waals surface area (Å²) < 4.78 is 56.1. The minimum absolute atomic E-state index is 0.110. The normalized spacial score (nSPS) is 11.0. The molecule has 0 aliphatic carbocycles. The monoisotopic (exact) mass is 427 g/mol. The molecule has 162 valence electrons. The molecule has 0 saturated heterocycles. The van der Waals surface area contributed by atoms with Gasteiger partial charge in [0.2, 0.25) is 5.91 Å². The molecule has 0 unspecified atom stereocenters. The largest absolute Gasteiger partial charge is 0.495 e. The number of ether oxygens (including phenoxy) is 1. The second kappa shape index (κ2) is 9.47. The number of benzene rings is 2. The van der Waals surface area contributed by atoms with Crippen LogP contribution in [-0.4, -0.2) is 38.2 Å². The molecule has 2 aromatic rings. The summed E-state index contributed by atoms with van der Waals surface area (Å²) in [6.07, 6.45) is -4.59. The highest BCUT2D eigenvalue weighted by atomic mass is 19.4. The molecule has 0 saturated carbocycles. The third-order valence-corrected chi connectivity index (χ3v) is 4.12. The van der Waals surface area contributed by atoms with Gasteiger partial charge in [0.1, 0.15) is 18.1 Å². The van der Waals surface area contributed by atoms with Gasteiger partial charge < -0.3 is 20.7 Å². The molecule has 10 heteroatoms. The zero-order valence-electron chi connectivity index (χ0n) is 16.5. The van der Waals surface area contributed by atoms with E-state index in [0.717, 1.165) is 11.6 Å². The van der Waals surface area contributed by atoms with Crippen molar-refractivity contribution in [1.82, 2.24) is 5.32 Å². The lowest BCUT2D eigenvalue weighted by Gasteiger charge is -2.14. The Morgan fingerprint density at radius 2 is 1.77 bits per heavy atom. The fraction of sp³-hybridized carbons (Fsp3) is 0.300. The lowest BCUT2D eigenvalue weighted by atomic mass is 10.1. The van der Waals surface area contributed by atoms with Gasteiger partial charge in [-0.2, -0.15) is 13.2 Å². The zero-order chi connectivity index (χ0) is 22.5. The summed E-state index contributed by atoms with van der Waals surface area (Å²) in [5.74, 6) is -1.88. The first kappa shape index (κ1) is 23.0. The number of alkyl halides is 3. The molecule has 2 amide bonds. The van der Waals surface area contributed by atoms with Crippen LogP contribution in [0.25, 0.3) is 0 Å². The number of nitrogens with one attached hydrogen (secondary N) is 3. The fourth-order valence-corrected chi connectivity index (χ4v) is 2.57. The smallest absolute Gasteiger partial charge is 0.405 e. The van der Waals surface area contributed by atoms with Crippen molar-refractivity contribution in [1.29, 1.82) is 0 Å². The van der Waals surface area contributed by atoms with Crippen molar-refractivity contribution in [3.05, 3.63) is 52.8 Å². The second-order valence-corrected chi connectivity index (χ2v) is 6.53. The molecule has 0 bridgehead atoms. The standard InChI is InChI=1S/C20H21F4N3O3/c1-11-4-5-17(30-3)16(6-11)27-18(28)9-25-15-8-13(7-14(21)12(15)2)19(29)26-10-20(22,23)24/h4-8,25H,9-10H2,1-3H3,(H,26,29)(H,27,28). The molecular formula is C20H21F4N3O3. The van der Waals surface area contributed by atoms with E-state index in [4.69, 9.17) is 4.74 Å². The summed E-state index contributed by atoms with van der Waals surface area (Å²) in [6, 6.07) is 7.25. The SMILES string of the molecule is COc1ccc(C)cc1NC(=O)CNc1cc(C(=O)NCC(F)(F)F)cc(F)c1C. The number of carbonyl (C=O) groups is 2. The molecule has 2 aromatic carbocycles. The molecule has 3 N–H and O–H groups in total. The quantitative estimate of drug-likeness (QED) is 0.588. The van der Waals surface area contributed by atoms with Crippen LogP contribution in [0.2, 0.25) is 0 Å². The Hall–Kier alpha value is -3.30. The predicted octanol–water partition coefficient (Wildman–Crippen LogP) is 3.79. The lowest BCUT2D eigenvalue weighted by molar-refractivity contribution is -0.123. The number of rotatable bonds is 7. The zero-order valence-corrected chi connectivity index (χ0v) is 16.5. The van der Waals surface area contributed by atoms with Gasteiger partial charge in [-0.3, -0.25) is 9.59 Å². The first-order chi connectivity index (χ1) is 14.0. The van der Waals surface area contributed by atoms with Crippen molar-refractivity contribution >= 4 is 23.2 Å². The number of methoxy groups -OCH3 is 1. The van der Waals surface area contributed by atoms with Crippen LogP contribution in [0.3, 0.4) is 0 Å². The van der Waals surface area contributed by atoms with Crippen molar-refractivity contribution in [3.8, 4) is 5.75 Å². The van der Waals surface area contributed by atoms with Gasteiger partial charge in [-0.15, -0.1) is 0 Å². The van der Waals surface area contributed by atoms with E-state index in [9.17, 15) is 27.2 Å². The minimum Gasteiger partial charge on any atom is -0.495 e. The molecule has 0 radical (unpaired) electrons. The first-order valence-corrected chi connectivity index (χ1v) is 8.83. The number of halogens is 4. The van der Waals surface area contributed by atoms with E-state index in [2.05, 4.69) is 10.6 Å². The third-order valence-electron chi connectivity index (χ3n) is 4.12. The Bertz CT molecular complexity index is 946. The maximum absolute atomic E-state index is 14.1. The van der Waals surface area contributed by atoms with Crippen LogP contribution in [0.1, 0.15) is 21.5 Å². The second-order valence-electron chi connectivity index (χ2n) is 6.53. The Morgan fingerprint density at radius 1 is 1.07 bits per heavy atom. The van der Waals surface area contributed by atoms with E-state index in [1.807, 2.05) is 13.0 Å². The molecule has 0 spiro atoms. The van der Waals surface area contributed by atoms with Gasteiger partial charge >= 0.3 is 6.18 Å². The van der Waals surface area contributed by atoms with E-state index in [-0.39, 0.29) is 23.4 Å². The molecule has 2 rings (SSSR count). The number of carbonyl (C=O) groups excluding carboxylic acids is 2. The van der Waals surface area contributed by atoms with Crippen LogP contribution in [0.15, 0.2) is 30.3 Å². The van der Waals surface area contributed by atoms with Crippen molar-refractivity contribution < 1.29 is 31.9 Å². The minimum atomic E-state index is -4.59. The highest BCUT2D eigenvalue weighted by Crippen LogP contribution is 2.25. The van der Waals surface area contributed by atoms with E-state index in [0.29, 0.717) is 11.4 Å². The maximum atomic E-state index is 14.1. The Balaban J connectivity index is 2.09. The van der Waals surface area contributed by atoms with Gasteiger partial charge in [0.25, 0.3) is 5.91 Å². The first-order valence-electron chi connectivity index (χ1n) is 8.83. The number of amides is 2. The summed E-state index contributed by atoms with van der Waals surface area (Å²) >= 11 is 0. The van der Waals surface area contributed by atoms with Gasteiger partial charge in [0.15, 0.2) is 0 Å². The molecule has 0 atom stereocenters. The summed E-state index contributed by atoms with van der Waals surface area (Å²) in [5.41, 5.74) is 1.27. The molecule has 0 aliphatic rings. The molecule has 0 aliphatic heterocycles. The Morgan fingerprint density at radius 3 is 2.40 bits per heavy atom. The number of hydrogen-bond donors (Lipinski definition) is 3. The van der Waals surface area contributed by atoms with Crippen molar-refractivity contribution in [2.75, 3.05) is 30.8 Å². The topological polar surface area (TPSA) is 79.5 Å². The van der Waals surface area contributed by atoms with Gasteiger partial charge in [-0.1, -0.05) is 6.07 Å². The van der Waals surface area contributed by atoms with Crippen LogP contribution < -0.4 is 20.7 Å².